The van der Waals surface area contributed by atoms with Gasteiger partial charge in [-0.1, -0.05) is 24.3 Å². The molecule has 0 fully saturated rings. The predicted octanol–water partition coefficient (Wildman–Crippen LogP) is 3.73. The highest BCUT2D eigenvalue weighted by Crippen LogP contribution is 2.14. The molecule has 21 heavy (non-hydrogen) atoms. The van der Waals surface area contributed by atoms with Crippen LogP contribution >= 0.6 is 0 Å². The highest BCUT2D eigenvalue weighted by molar-refractivity contribution is 5.79. The molecular weight excluding hydrogens is 260 g/mol. The molecule has 0 atom stereocenters. The van der Waals surface area contributed by atoms with Gasteiger partial charge >= 0.3 is 0 Å². The Hall–Kier alpha value is -2.26. The van der Waals surface area contributed by atoms with E-state index < -0.39 is 0 Å². The van der Waals surface area contributed by atoms with Gasteiger partial charge in [-0.25, -0.2) is 0 Å². The van der Waals surface area contributed by atoms with Gasteiger partial charge in [-0.15, -0.1) is 0 Å². The van der Waals surface area contributed by atoms with Crippen LogP contribution in [0.4, 0.5) is 0 Å². The van der Waals surface area contributed by atoms with Crippen LogP contribution in [0.25, 0.3) is 10.9 Å². The highest BCUT2D eigenvalue weighted by Gasteiger charge is 1.97. The normalized spacial score (nSPS) is 10.9. The summed E-state index contributed by atoms with van der Waals surface area (Å²) in [6.45, 7) is 2.60. The van der Waals surface area contributed by atoms with Gasteiger partial charge in [-0.2, -0.15) is 0 Å². The van der Waals surface area contributed by atoms with E-state index >= 15 is 0 Å². The zero-order valence-electron chi connectivity index (χ0n) is 12.0. The maximum atomic E-state index is 5.66. The lowest BCUT2D eigenvalue weighted by Crippen LogP contribution is -2.16. The Morgan fingerprint density at radius 2 is 1.90 bits per heavy atom. The van der Waals surface area contributed by atoms with Crippen molar-refractivity contribution in [3.8, 4) is 5.75 Å². The number of benzene rings is 2. The van der Waals surface area contributed by atoms with E-state index in [0.29, 0.717) is 0 Å². The van der Waals surface area contributed by atoms with Crippen LogP contribution in [0.15, 0.2) is 60.8 Å². The summed E-state index contributed by atoms with van der Waals surface area (Å²) in [5.41, 5.74) is 2.50. The lowest BCUT2D eigenvalue weighted by molar-refractivity contribution is 0.308. The van der Waals surface area contributed by atoms with Crippen LogP contribution in [-0.2, 0) is 6.54 Å². The molecule has 0 bridgehead atoms. The standard InChI is InChI=1S/C18H20N2O/c1-2-5-17(6-3-1)21-12-4-10-19-14-15-7-8-18-16(13-15)9-11-20-18/h1-3,5-9,11,13,19-20H,4,10,12,14H2. The molecule has 0 radical (unpaired) electrons. The van der Waals surface area contributed by atoms with Gasteiger partial charge in [0.2, 0.25) is 0 Å². The van der Waals surface area contributed by atoms with Crippen LogP contribution in [0.1, 0.15) is 12.0 Å². The average molecular weight is 280 g/mol. The summed E-state index contributed by atoms with van der Waals surface area (Å²) in [6.07, 6.45) is 2.98. The maximum absolute atomic E-state index is 5.66. The van der Waals surface area contributed by atoms with Gasteiger partial charge < -0.3 is 15.0 Å². The molecule has 0 aliphatic carbocycles. The van der Waals surface area contributed by atoms with Gasteiger partial charge in [0.15, 0.2) is 0 Å². The van der Waals surface area contributed by atoms with Gasteiger partial charge in [0.25, 0.3) is 0 Å². The predicted molar refractivity (Wildman–Crippen MR) is 86.6 cm³/mol. The summed E-state index contributed by atoms with van der Waals surface area (Å²) < 4.78 is 5.66. The Kier molecular flexibility index (Phi) is 4.54. The summed E-state index contributed by atoms with van der Waals surface area (Å²) in [7, 11) is 0. The van der Waals surface area contributed by atoms with Crippen molar-refractivity contribution < 1.29 is 4.74 Å². The summed E-state index contributed by atoms with van der Waals surface area (Å²) in [6, 6.07) is 18.6. The first-order valence-corrected chi connectivity index (χ1v) is 7.36. The third-order valence-corrected chi connectivity index (χ3v) is 3.46. The van der Waals surface area contributed by atoms with E-state index in [2.05, 4.69) is 34.6 Å². The number of aromatic nitrogens is 1. The molecule has 0 amide bonds. The zero-order chi connectivity index (χ0) is 14.3. The number of para-hydroxylation sites is 1. The van der Waals surface area contributed by atoms with E-state index in [4.69, 9.17) is 4.74 Å². The number of hydrogen-bond acceptors (Lipinski definition) is 2. The lowest BCUT2D eigenvalue weighted by Gasteiger charge is -2.07. The molecule has 0 unspecified atom stereocenters. The van der Waals surface area contributed by atoms with E-state index in [1.165, 1.54) is 16.5 Å². The minimum Gasteiger partial charge on any atom is -0.494 e. The van der Waals surface area contributed by atoms with Crippen molar-refractivity contribution in [2.75, 3.05) is 13.2 Å². The third-order valence-electron chi connectivity index (χ3n) is 3.46. The Morgan fingerprint density at radius 1 is 1.00 bits per heavy atom. The number of ether oxygens (including phenoxy) is 1. The molecule has 2 aromatic carbocycles. The topological polar surface area (TPSA) is 37.0 Å². The molecular formula is C18H20N2O. The molecule has 0 spiro atoms. The van der Waals surface area contributed by atoms with Gasteiger partial charge in [0.05, 0.1) is 6.61 Å². The van der Waals surface area contributed by atoms with E-state index in [1.807, 2.05) is 36.5 Å². The minimum atomic E-state index is 0.744. The first-order chi connectivity index (χ1) is 10.4. The first-order valence-electron chi connectivity index (χ1n) is 7.36. The molecule has 2 N–H and O–H groups in total. The lowest BCUT2D eigenvalue weighted by atomic mass is 10.1. The fraction of sp³-hybridized carbons (Fsp3) is 0.222. The average Bonchev–Trinajstić information content (AvgIpc) is 2.99. The second kappa shape index (κ2) is 6.95. The summed E-state index contributed by atoms with van der Waals surface area (Å²) >= 11 is 0. The van der Waals surface area contributed by atoms with Crippen molar-refractivity contribution in [2.24, 2.45) is 0 Å². The number of hydrogen-bond donors (Lipinski definition) is 2. The number of H-pyrrole nitrogens is 1. The van der Waals surface area contributed by atoms with Crippen LogP contribution in [0.3, 0.4) is 0 Å². The van der Waals surface area contributed by atoms with Gasteiger partial charge in [0.1, 0.15) is 5.75 Å². The van der Waals surface area contributed by atoms with Crippen molar-refractivity contribution in [1.82, 2.24) is 10.3 Å². The van der Waals surface area contributed by atoms with Crippen LogP contribution in [0.2, 0.25) is 0 Å². The van der Waals surface area contributed by atoms with Gasteiger partial charge in [-0.05, 0) is 54.2 Å². The maximum Gasteiger partial charge on any atom is 0.119 e. The van der Waals surface area contributed by atoms with Crippen molar-refractivity contribution in [3.63, 3.8) is 0 Å². The summed E-state index contributed by atoms with van der Waals surface area (Å²) in [5, 5.41) is 4.72. The van der Waals surface area contributed by atoms with Gasteiger partial charge in [-0.3, -0.25) is 0 Å². The minimum absolute atomic E-state index is 0.744. The molecule has 3 heteroatoms. The Labute approximate surface area is 125 Å². The summed E-state index contributed by atoms with van der Waals surface area (Å²) in [4.78, 5) is 3.21. The number of nitrogens with one attached hydrogen (secondary N) is 2. The van der Waals surface area contributed by atoms with E-state index in [0.717, 1.165) is 31.9 Å². The fourth-order valence-corrected chi connectivity index (χ4v) is 2.35. The third kappa shape index (κ3) is 3.86. The van der Waals surface area contributed by atoms with E-state index in [1.54, 1.807) is 0 Å². The Balaban J connectivity index is 1.36. The van der Waals surface area contributed by atoms with Gasteiger partial charge in [0, 0.05) is 18.3 Å². The molecule has 3 nitrogen and oxygen atoms in total. The van der Waals surface area contributed by atoms with Crippen LogP contribution in [-0.4, -0.2) is 18.1 Å². The van der Waals surface area contributed by atoms with Crippen LogP contribution < -0.4 is 10.1 Å². The second-order valence-corrected chi connectivity index (χ2v) is 5.09. The molecule has 0 aliphatic rings. The first kappa shape index (κ1) is 13.7. The molecule has 0 saturated carbocycles. The Morgan fingerprint density at radius 3 is 2.81 bits per heavy atom. The van der Waals surface area contributed by atoms with Crippen molar-refractivity contribution in [3.05, 3.63) is 66.4 Å². The molecule has 108 valence electrons. The van der Waals surface area contributed by atoms with Crippen molar-refractivity contribution in [1.29, 1.82) is 0 Å². The quantitative estimate of drug-likeness (QED) is 0.647. The number of rotatable bonds is 7. The van der Waals surface area contributed by atoms with Crippen LogP contribution in [0.5, 0.6) is 5.75 Å². The zero-order valence-corrected chi connectivity index (χ0v) is 12.0. The molecule has 3 aromatic rings. The largest absolute Gasteiger partial charge is 0.494 e. The van der Waals surface area contributed by atoms with Crippen molar-refractivity contribution >= 4 is 10.9 Å². The number of fused-ring (bicyclic) bond motifs is 1. The van der Waals surface area contributed by atoms with Crippen LogP contribution in [0, 0.1) is 0 Å². The Bertz CT molecular complexity index is 676. The monoisotopic (exact) mass is 280 g/mol. The van der Waals surface area contributed by atoms with Crippen molar-refractivity contribution in [2.45, 2.75) is 13.0 Å². The van der Waals surface area contributed by atoms with E-state index in [-0.39, 0.29) is 0 Å². The summed E-state index contributed by atoms with van der Waals surface area (Å²) in [5.74, 6) is 0.940. The molecule has 0 saturated heterocycles. The molecule has 1 aromatic heterocycles. The smallest absolute Gasteiger partial charge is 0.119 e. The van der Waals surface area contributed by atoms with E-state index in [9.17, 15) is 0 Å². The highest BCUT2D eigenvalue weighted by atomic mass is 16.5. The SMILES string of the molecule is c1ccc(OCCCNCc2ccc3[nH]ccc3c2)cc1. The second-order valence-electron chi connectivity index (χ2n) is 5.09. The molecule has 3 rings (SSSR count). The molecule has 1 heterocycles. The fourth-order valence-electron chi connectivity index (χ4n) is 2.35. The molecule has 0 aliphatic heterocycles. The number of aromatic amines is 1.